The smallest absolute Gasteiger partial charge is 0.233 e. The van der Waals surface area contributed by atoms with Crippen molar-refractivity contribution in [2.24, 2.45) is 0 Å². The average molecular weight is 309 g/mol. The standard InChI is InChI=1S/C16H27N3OS/c1-12(2)18-9-8-15(17-18)10-21-11-16(20)19-13(3)6-5-7-14(19)4/h8-9,12-14H,5-7,10-11H2,1-4H3/t13-,14+. The Morgan fingerprint density at radius 3 is 2.62 bits per heavy atom. The maximum atomic E-state index is 12.4. The van der Waals surface area contributed by atoms with Gasteiger partial charge in [-0.1, -0.05) is 0 Å². The molecule has 0 aromatic carbocycles. The summed E-state index contributed by atoms with van der Waals surface area (Å²) < 4.78 is 1.96. The number of carbonyl (C=O) groups excluding carboxylic acids is 1. The summed E-state index contributed by atoms with van der Waals surface area (Å²) in [5.74, 6) is 1.65. The molecule has 1 fully saturated rings. The number of amides is 1. The zero-order valence-corrected chi connectivity index (χ0v) is 14.4. The molecule has 21 heavy (non-hydrogen) atoms. The molecule has 2 heterocycles. The van der Waals surface area contributed by atoms with Crippen molar-refractivity contribution in [3.63, 3.8) is 0 Å². The molecule has 0 bridgehead atoms. The third kappa shape index (κ3) is 4.25. The van der Waals surface area contributed by atoms with Crippen LogP contribution in [0.4, 0.5) is 0 Å². The number of aromatic nitrogens is 2. The predicted molar refractivity (Wildman–Crippen MR) is 88.4 cm³/mol. The van der Waals surface area contributed by atoms with Gasteiger partial charge in [0, 0.05) is 30.1 Å². The molecular formula is C16H27N3OS. The molecule has 2 rings (SSSR count). The summed E-state index contributed by atoms with van der Waals surface area (Å²) >= 11 is 1.67. The highest BCUT2D eigenvalue weighted by Crippen LogP contribution is 2.24. The number of carbonyl (C=O) groups is 1. The van der Waals surface area contributed by atoms with E-state index in [9.17, 15) is 4.79 Å². The van der Waals surface area contributed by atoms with Crippen LogP contribution in [-0.4, -0.2) is 38.4 Å². The molecular weight excluding hydrogens is 282 g/mol. The number of nitrogens with zero attached hydrogens (tertiary/aromatic N) is 3. The van der Waals surface area contributed by atoms with Crippen molar-refractivity contribution in [3.05, 3.63) is 18.0 Å². The van der Waals surface area contributed by atoms with Gasteiger partial charge in [0.1, 0.15) is 0 Å². The van der Waals surface area contributed by atoms with Gasteiger partial charge in [-0.05, 0) is 53.0 Å². The van der Waals surface area contributed by atoms with Gasteiger partial charge in [-0.2, -0.15) is 5.10 Å². The summed E-state index contributed by atoms with van der Waals surface area (Å²) in [6.45, 7) is 8.57. The Bertz CT molecular complexity index is 462. The first kappa shape index (κ1) is 16.4. The second kappa shape index (κ2) is 7.34. The fraction of sp³-hybridized carbons (Fsp3) is 0.750. The fourth-order valence-corrected chi connectivity index (χ4v) is 3.76. The second-order valence-electron chi connectivity index (χ2n) is 6.30. The lowest BCUT2D eigenvalue weighted by molar-refractivity contribution is -0.134. The molecule has 118 valence electrons. The van der Waals surface area contributed by atoms with Gasteiger partial charge in [-0.3, -0.25) is 9.48 Å². The first-order valence-corrected chi connectivity index (χ1v) is 9.07. The van der Waals surface area contributed by atoms with Crippen molar-refractivity contribution in [1.29, 1.82) is 0 Å². The third-order valence-corrected chi connectivity index (χ3v) is 5.10. The number of likely N-dealkylation sites (tertiary alicyclic amines) is 1. The number of piperidine rings is 1. The maximum absolute atomic E-state index is 12.4. The SMILES string of the molecule is CC(C)n1ccc(CSCC(=O)N2[C@H](C)CCC[C@@H]2C)n1. The van der Waals surface area contributed by atoms with E-state index in [1.165, 1.54) is 6.42 Å². The molecule has 2 atom stereocenters. The summed E-state index contributed by atoms with van der Waals surface area (Å²) in [5, 5.41) is 4.52. The Morgan fingerprint density at radius 2 is 2.05 bits per heavy atom. The molecule has 4 nitrogen and oxygen atoms in total. The van der Waals surface area contributed by atoms with Crippen LogP contribution in [0.1, 0.15) is 58.7 Å². The van der Waals surface area contributed by atoms with Gasteiger partial charge >= 0.3 is 0 Å². The van der Waals surface area contributed by atoms with E-state index >= 15 is 0 Å². The molecule has 0 spiro atoms. The van der Waals surface area contributed by atoms with Crippen molar-refractivity contribution < 1.29 is 4.79 Å². The van der Waals surface area contributed by atoms with Crippen molar-refractivity contribution in [1.82, 2.24) is 14.7 Å². The Morgan fingerprint density at radius 1 is 1.38 bits per heavy atom. The monoisotopic (exact) mass is 309 g/mol. The van der Waals surface area contributed by atoms with Crippen LogP contribution in [0.5, 0.6) is 0 Å². The Kier molecular flexibility index (Phi) is 5.73. The van der Waals surface area contributed by atoms with Crippen LogP contribution in [0.15, 0.2) is 12.3 Å². The van der Waals surface area contributed by atoms with Crippen molar-refractivity contribution in [3.8, 4) is 0 Å². The van der Waals surface area contributed by atoms with Crippen LogP contribution in [0.25, 0.3) is 0 Å². The minimum atomic E-state index is 0.281. The maximum Gasteiger partial charge on any atom is 0.233 e. The molecule has 1 aromatic heterocycles. The van der Waals surface area contributed by atoms with Crippen molar-refractivity contribution in [2.45, 2.75) is 70.8 Å². The van der Waals surface area contributed by atoms with E-state index in [0.29, 0.717) is 23.9 Å². The highest BCUT2D eigenvalue weighted by atomic mass is 32.2. The molecule has 0 radical (unpaired) electrons. The highest BCUT2D eigenvalue weighted by Gasteiger charge is 2.28. The predicted octanol–water partition coefficient (Wildman–Crippen LogP) is 3.49. The normalized spacial score (nSPS) is 22.8. The quantitative estimate of drug-likeness (QED) is 0.835. The van der Waals surface area contributed by atoms with Crippen LogP contribution in [-0.2, 0) is 10.5 Å². The number of hydrogen-bond donors (Lipinski definition) is 0. The van der Waals surface area contributed by atoms with Crippen LogP contribution in [0.2, 0.25) is 0 Å². The number of rotatable bonds is 5. The largest absolute Gasteiger partial charge is 0.337 e. The van der Waals surface area contributed by atoms with E-state index in [4.69, 9.17) is 0 Å². The van der Waals surface area contributed by atoms with Gasteiger partial charge in [0.25, 0.3) is 0 Å². The molecule has 0 saturated carbocycles. The van der Waals surface area contributed by atoms with Gasteiger partial charge < -0.3 is 4.90 Å². The topological polar surface area (TPSA) is 38.1 Å². The van der Waals surface area contributed by atoms with Crippen molar-refractivity contribution >= 4 is 17.7 Å². The molecule has 0 unspecified atom stereocenters. The molecule has 1 aliphatic heterocycles. The van der Waals surface area contributed by atoms with Crippen LogP contribution >= 0.6 is 11.8 Å². The summed E-state index contributed by atoms with van der Waals surface area (Å²) in [5.41, 5.74) is 1.06. The van der Waals surface area contributed by atoms with Crippen LogP contribution < -0.4 is 0 Å². The molecule has 1 aromatic rings. The van der Waals surface area contributed by atoms with E-state index in [1.807, 2.05) is 16.9 Å². The van der Waals surface area contributed by atoms with E-state index in [1.54, 1.807) is 11.8 Å². The number of hydrogen-bond acceptors (Lipinski definition) is 3. The lowest BCUT2D eigenvalue weighted by Crippen LogP contribution is -2.48. The zero-order valence-electron chi connectivity index (χ0n) is 13.6. The number of thioether (sulfide) groups is 1. The molecule has 1 amide bonds. The molecule has 0 aliphatic carbocycles. The first-order chi connectivity index (χ1) is 9.99. The van der Waals surface area contributed by atoms with E-state index < -0.39 is 0 Å². The fourth-order valence-electron chi connectivity index (χ4n) is 2.97. The molecule has 5 heteroatoms. The minimum Gasteiger partial charge on any atom is -0.337 e. The second-order valence-corrected chi connectivity index (χ2v) is 7.29. The summed E-state index contributed by atoms with van der Waals surface area (Å²) in [6, 6.07) is 3.22. The third-order valence-electron chi connectivity index (χ3n) is 4.15. The molecule has 1 saturated heterocycles. The van der Waals surface area contributed by atoms with E-state index in [0.717, 1.165) is 24.3 Å². The summed E-state index contributed by atoms with van der Waals surface area (Å²) in [4.78, 5) is 14.5. The van der Waals surface area contributed by atoms with Crippen LogP contribution in [0.3, 0.4) is 0 Å². The summed E-state index contributed by atoms with van der Waals surface area (Å²) in [6.07, 6.45) is 5.53. The Balaban J connectivity index is 1.80. The Hall–Kier alpha value is -0.970. The first-order valence-electron chi connectivity index (χ1n) is 7.92. The highest BCUT2D eigenvalue weighted by molar-refractivity contribution is 7.99. The van der Waals surface area contributed by atoms with Gasteiger partial charge in [0.05, 0.1) is 11.4 Å². The Labute approximate surface area is 132 Å². The molecule has 0 N–H and O–H groups in total. The molecule has 1 aliphatic rings. The minimum absolute atomic E-state index is 0.281. The van der Waals surface area contributed by atoms with E-state index in [-0.39, 0.29) is 5.91 Å². The van der Waals surface area contributed by atoms with Gasteiger partial charge in [-0.15, -0.1) is 11.8 Å². The summed E-state index contributed by atoms with van der Waals surface area (Å²) in [7, 11) is 0. The lowest BCUT2D eigenvalue weighted by atomic mass is 9.98. The van der Waals surface area contributed by atoms with Gasteiger partial charge in [-0.25, -0.2) is 0 Å². The lowest BCUT2D eigenvalue weighted by Gasteiger charge is -2.39. The van der Waals surface area contributed by atoms with Crippen LogP contribution in [0, 0.1) is 0 Å². The van der Waals surface area contributed by atoms with Crippen molar-refractivity contribution in [2.75, 3.05) is 5.75 Å². The van der Waals surface area contributed by atoms with Gasteiger partial charge in [0.2, 0.25) is 5.91 Å². The average Bonchev–Trinajstić information content (AvgIpc) is 2.87. The van der Waals surface area contributed by atoms with E-state index in [2.05, 4.69) is 37.7 Å². The van der Waals surface area contributed by atoms with Gasteiger partial charge in [0.15, 0.2) is 0 Å². The zero-order chi connectivity index (χ0) is 15.4.